The number of aliphatic hydroxyl groups excluding tert-OH is 2. The highest BCUT2D eigenvalue weighted by Crippen LogP contribution is 2.62. The zero-order valence-electron chi connectivity index (χ0n) is 38.2. The summed E-state index contributed by atoms with van der Waals surface area (Å²) < 4.78 is 41.9. The van der Waals surface area contributed by atoms with E-state index in [0.717, 1.165) is 53.2 Å². The molecule has 1 amide bonds. The smallest absolute Gasteiger partial charge is 0.416 e. The number of unbranched alkanes of at least 4 members (excludes halogenated alkanes) is 2. The standard InChI is InChI=1S/C54H58FN3O10/c1-3-30-65-54-50(57(34-38-18-13-17-36-14-5-7-19-43(36)38)53(61)67-41-24-22-40(23-25-41)58(62)63)33-48(56-66-4-2)45-31-37(15-9-11-28-59)44(20-10-12-29-60)51(52(45)54)46-32-42(26-27-49(46)68-54)64-35-39-16-6-8-21-47(39)55/h3,5-8,13-14,16-19,21-27,31-32,37,44,50-52,59-60H,1,4,9-12,15,20,28-30,33-35H2,2H3/t37-,44+,50-,51+,52+,54+/m0/s1. The van der Waals surface area contributed by atoms with E-state index in [0.29, 0.717) is 35.6 Å². The minimum atomic E-state index is -1.61. The molecule has 0 saturated heterocycles. The number of hydrogen-bond acceptors (Lipinski definition) is 11. The quantitative estimate of drug-likeness (QED) is 0.0313. The van der Waals surface area contributed by atoms with Gasteiger partial charge >= 0.3 is 6.09 Å². The number of ether oxygens (including phenoxy) is 4. The van der Waals surface area contributed by atoms with E-state index in [4.69, 9.17) is 28.9 Å². The maximum absolute atomic E-state index is 15.2. The average Bonchev–Trinajstić information content (AvgIpc) is 3.35. The highest BCUT2D eigenvalue weighted by Gasteiger charge is 2.66. The van der Waals surface area contributed by atoms with E-state index in [9.17, 15) is 24.7 Å². The van der Waals surface area contributed by atoms with Gasteiger partial charge in [-0.25, -0.2) is 9.18 Å². The lowest BCUT2D eigenvalue weighted by Gasteiger charge is -2.59. The van der Waals surface area contributed by atoms with Crippen LogP contribution in [-0.4, -0.2) is 70.1 Å². The van der Waals surface area contributed by atoms with Gasteiger partial charge in [0, 0.05) is 48.8 Å². The number of non-ortho nitro benzene ring substituents is 1. The summed E-state index contributed by atoms with van der Waals surface area (Å²) in [6.45, 7) is 6.33. The molecule has 68 heavy (non-hydrogen) atoms. The molecule has 14 heteroatoms. The van der Waals surface area contributed by atoms with Crippen LogP contribution >= 0.6 is 0 Å². The molecule has 6 atom stereocenters. The molecular formula is C54H58FN3O10. The van der Waals surface area contributed by atoms with Gasteiger partial charge in [-0.15, -0.1) is 6.58 Å². The number of rotatable bonds is 21. The molecule has 13 nitrogen and oxygen atoms in total. The number of benzene rings is 5. The van der Waals surface area contributed by atoms with Gasteiger partial charge in [0.25, 0.3) is 5.69 Å². The number of nitro groups is 1. The molecule has 8 rings (SSSR count). The molecule has 5 aromatic carbocycles. The molecule has 1 aliphatic heterocycles. The van der Waals surface area contributed by atoms with Gasteiger partial charge < -0.3 is 34.0 Å². The molecule has 3 aliphatic rings. The summed E-state index contributed by atoms with van der Waals surface area (Å²) in [6.07, 6.45) is 7.46. The molecule has 5 aromatic rings. The van der Waals surface area contributed by atoms with Gasteiger partial charge in [0.1, 0.15) is 42.3 Å². The Hall–Kier alpha value is -6.61. The van der Waals surface area contributed by atoms with E-state index < -0.39 is 28.8 Å². The van der Waals surface area contributed by atoms with Gasteiger partial charge in [-0.05, 0) is 103 Å². The zero-order valence-corrected chi connectivity index (χ0v) is 38.2. The van der Waals surface area contributed by atoms with Crippen molar-refractivity contribution < 1.29 is 48.1 Å². The molecule has 0 unspecified atom stereocenters. The fourth-order valence-electron chi connectivity index (χ4n) is 10.4. The van der Waals surface area contributed by atoms with E-state index in [1.54, 1.807) is 35.2 Å². The van der Waals surface area contributed by atoms with Crippen LogP contribution in [0.4, 0.5) is 14.9 Å². The lowest BCUT2D eigenvalue weighted by atomic mass is 9.55. The molecular weight excluding hydrogens is 870 g/mol. The molecule has 0 spiro atoms. The number of halogens is 1. The average molecular weight is 928 g/mol. The number of fused-ring (bicyclic) bond motifs is 3. The second-order valence-corrected chi connectivity index (χ2v) is 17.5. The van der Waals surface area contributed by atoms with Crippen molar-refractivity contribution in [1.82, 2.24) is 4.90 Å². The predicted molar refractivity (Wildman–Crippen MR) is 256 cm³/mol. The number of oxime groups is 1. The van der Waals surface area contributed by atoms with Crippen molar-refractivity contribution in [3.05, 3.63) is 166 Å². The molecule has 0 aromatic heterocycles. The summed E-state index contributed by atoms with van der Waals surface area (Å²) in [5.41, 5.74) is 3.39. The Morgan fingerprint density at radius 1 is 0.941 bits per heavy atom. The Morgan fingerprint density at radius 2 is 1.66 bits per heavy atom. The number of aliphatic hydroxyl groups is 2. The van der Waals surface area contributed by atoms with Crippen molar-refractivity contribution in [3.8, 4) is 17.2 Å². The van der Waals surface area contributed by atoms with Crippen molar-refractivity contribution in [3.63, 3.8) is 0 Å². The molecule has 1 heterocycles. The Balaban J connectivity index is 1.34. The number of hydrogen-bond donors (Lipinski definition) is 2. The molecule has 2 N–H and O–H groups in total. The lowest BCUT2D eigenvalue weighted by Crippen LogP contribution is -2.70. The number of carbonyl (C=O) groups is 1. The molecule has 1 saturated carbocycles. The summed E-state index contributed by atoms with van der Waals surface area (Å²) in [4.78, 5) is 33.8. The van der Waals surface area contributed by atoms with Gasteiger partial charge in [-0.2, -0.15) is 0 Å². The maximum atomic E-state index is 15.2. The molecule has 0 radical (unpaired) electrons. The first-order valence-electron chi connectivity index (χ1n) is 23.5. The van der Waals surface area contributed by atoms with Gasteiger partial charge in [0.05, 0.1) is 29.7 Å². The van der Waals surface area contributed by atoms with Crippen LogP contribution in [0, 0.1) is 33.7 Å². The van der Waals surface area contributed by atoms with Crippen LogP contribution in [-0.2, 0) is 22.7 Å². The van der Waals surface area contributed by atoms with E-state index in [-0.39, 0.29) is 81.0 Å². The van der Waals surface area contributed by atoms with Crippen molar-refractivity contribution in [1.29, 1.82) is 0 Å². The van der Waals surface area contributed by atoms with E-state index >= 15 is 4.79 Å². The third kappa shape index (κ3) is 10.1. The Bertz CT molecular complexity index is 2630. The summed E-state index contributed by atoms with van der Waals surface area (Å²) in [5.74, 6) is -1.89. The van der Waals surface area contributed by atoms with Gasteiger partial charge in [-0.1, -0.05) is 90.8 Å². The number of carbonyl (C=O) groups excluding carboxylic acids is 1. The fourth-order valence-corrected chi connectivity index (χ4v) is 10.4. The van der Waals surface area contributed by atoms with Crippen LogP contribution < -0.4 is 14.2 Å². The minimum Gasteiger partial charge on any atom is -0.489 e. The first-order chi connectivity index (χ1) is 33.2. The lowest BCUT2D eigenvalue weighted by molar-refractivity contribution is -0.384. The number of allylic oxidation sites excluding steroid dienone is 1. The second kappa shape index (κ2) is 22.0. The monoisotopic (exact) mass is 927 g/mol. The van der Waals surface area contributed by atoms with Crippen LogP contribution in [0.1, 0.15) is 74.5 Å². The molecule has 0 bridgehead atoms. The van der Waals surface area contributed by atoms with Crippen LogP contribution in [0.3, 0.4) is 0 Å². The van der Waals surface area contributed by atoms with Gasteiger partial charge in [-0.3, -0.25) is 15.0 Å². The Morgan fingerprint density at radius 3 is 2.41 bits per heavy atom. The summed E-state index contributed by atoms with van der Waals surface area (Å²) in [6, 6.07) is 30.3. The predicted octanol–water partition coefficient (Wildman–Crippen LogP) is 10.8. The maximum Gasteiger partial charge on any atom is 0.416 e. The van der Waals surface area contributed by atoms with Crippen molar-refractivity contribution in [2.75, 3.05) is 26.4 Å². The first kappa shape index (κ1) is 47.9. The van der Waals surface area contributed by atoms with Crippen molar-refractivity contribution in [2.24, 2.45) is 22.9 Å². The van der Waals surface area contributed by atoms with Crippen molar-refractivity contribution >= 4 is 28.3 Å². The molecule has 1 fully saturated rings. The summed E-state index contributed by atoms with van der Waals surface area (Å²) >= 11 is 0. The normalized spacial score (nSPS) is 22.0. The summed E-state index contributed by atoms with van der Waals surface area (Å²) in [7, 11) is 0. The van der Waals surface area contributed by atoms with E-state index in [1.165, 1.54) is 30.3 Å². The van der Waals surface area contributed by atoms with Crippen LogP contribution in [0.25, 0.3) is 10.8 Å². The molecule has 2 aliphatic carbocycles. The Kier molecular flexibility index (Phi) is 15.5. The number of nitrogens with zero attached hydrogens (tertiary/aromatic N) is 3. The third-order valence-corrected chi connectivity index (χ3v) is 13.4. The topological polar surface area (TPSA) is 162 Å². The highest BCUT2D eigenvalue weighted by molar-refractivity contribution is 6.03. The second-order valence-electron chi connectivity index (χ2n) is 17.5. The Labute approximate surface area is 395 Å². The van der Waals surface area contributed by atoms with Crippen molar-refractivity contribution in [2.45, 2.75) is 82.8 Å². The van der Waals surface area contributed by atoms with E-state index in [2.05, 4.69) is 12.7 Å². The van der Waals surface area contributed by atoms with E-state index in [1.807, 2.05) is 61.5 Å². The third-order valence-electron chi connectivity index (χ3n) is 13.4. The van der Waals surface area contributed by atoms with Crippen LogP contribution in [0.15, 0.2) is 139 Å². The summed E-state index contributed by atoms with van der Waals surface area (Å²) in [5, 5.41) is 38.3. The van der Waals surface area contributed by atoms with Crippen LogP contribution in [0.5, 0.6) is 17.2 Å². The van der Waals surface area contributed by atoms with Crippen LogP contribution in [0.2, 0.25) is 0 Å². The van der Waals surface area contributed by atoms with Gasteiger partial charge in [0.2, 0.25) is 5.79 Å². The fraction of sp³-hybridized carbons (Fsp3) is 0.370. The molecule has 356 valence electrons. The zero-order chi connectivity index (χ0) is 47.6. The minimum absolute atomic E-state index is 0.00506. The highest BCUT2D eigenvalue weighted by atomic mass is 19.1. The number of nitro benzene ring substituents is 1. The van der Waals surface area contributed by atoms with Gasteiger partial charge in [0.15, 0.2) is 0 Å². The first-order valence-corrected chi connectivity index (χ1v) is 23.5. The SMILES string of the molecule is C=CCO[C@@]12Oc3ccc(OCc4ccccc4F)cc3[C@H]3[C@H](CCCCO)[C@@H](CCCCO)C=C(C(=NOCC)C[C@@H]1N(Cc1cccc4ccccc14)C(=O)Oc1ccc([N+](=O)[O-])cc1)[C@H]32. The number of amides is 1. The largest absolute Gasteiger partial charge is 0.489 e.